The van der Waals surface area contributed by atoms with Crippen molar-refractivity contribution in [2.75, 3.05) is 5.32 Å². The van der Waals surface area contributed by atoms with Gasteiger partial charge in [0, 0.05) is 16.8 Å². The van der Waals surface area contributed by atoms with E-state index in [2.05, 4.69) is 15.5 Å². The van der Waals surface area contributed by atoms with Crippen LogP contribution in [0.25, 0.3) is 11.5 Å². The fourth-order valence-electron chi connectivity index (χ4n) is 3.76. The molecule has 0 saturated heterocycles. The Kier molecular flexibility index (Phi) is 5.02. The second kappa shape index (κ2) is 8.16. The first kappa shape index (κ1) is 20.3. The van der Waals surface area contributed by atoms with Gasteiger partial charge in [-0.25, -0.2) is 0 Å². The number of hydrogen-bond donors (Lipinski definition) is 1. The highest BCUT2D eigenvalue weighted by Gasteiger charge is 2.35. The Balaban J connectivity index is 1.35. The van der Waals surface area contributed by atoms with Crippen molar-refractivity contribution in [1.82, 2.24) is 15.1 Å². The van der Waals surface area contributed by atoms with Crippen LogP contribution in [0.4, 0.5) is 5.69 Å². The molecule has 0 saturated carbocycles. The number of anilines is 1. The summed E-state index contributed by atoms with van der Waals surface area (Å²) in [4.78, 5) is 39.4. The lowest BCUT2D eigenvalue weighted by atomic mass is 10.1. The Morgan fingerprint density at radius 3 is 2.42 bits per heavy atom. The van der Waals surface area contributed by atoms with Crippen molar-refractivity contribution in [3.8, 4) is 11.5 Å². The number of fused-ring (bicyclic) bond motifs is 1. The fraction of sp³-hybridized carbons (Fsp3) is 0.0800. The number of aryl methyl sites for hydroxylation is 1. The van der Waals surface area contributed by atoms with E-state index in [0.29, 0.717) is 39.4 Å². The van der Waals surface area contributed by atoms with E-state index in [4.69, 9.17) is 4.42 Å². The fourth-order valence-corrected chi connectivity index (χ4v) is 3.76. The lowest BCUT2D eigenvalue weighted by molar-refractivity contribution is 0.0642. The number of nitrogens with one attached hydrogen (secondary N) is 1. The predicted octanol–water partition coefficient (Wildman–Crippen LogP) is 4.09. The summed E-state index contributed by atoms with van der Waals surface area (Å²) >= 11 is 0. The van der Waals surface area contributed by atoms with Crippen LogP contribution >= 0.6 is 0 Å². The van der Waals surface area contributed by atoms with Gasteiger partial charge in [-0.1, -0.05) is 30.3 Å². The monoisotopic (exact) mass is 438 g/mol. The minimum absolute atomic E-state index is 0.0825. The molecule has 0 aliphatic carbocycles. The molecule has 2 heterocycles. The molecule has 0 bridgehead atoms. The summed E-state index contributed by atoms with van der Waals surface area (Å²) in [7, 11) is 0. The van der Waals surface area contributed by atoms with Gasteiger partial charge >= 0.3 is 0 Å². The van der Waals surface area contributed by atoms with Crippen LogP contribution in [0, 0.1) is 6.92 Å². The number of amides is 3. The van der Waals surface area contributed by atoms with Gasteiger partial charge in [-0.15, -0.1) is 10.2 Å². The lowest BCUT2D eigenvalue weighted by Gasteiger charge is -2.15. The third kappa shape index (κ3) is 3.78. The first-order valence-corrected chi connectivity index (χ1v) is 10.2. The number of hydrogen-bond acceptors (Lipinski definition) is 6. The van der Waals surface area contributed by atoms with Crippen LogP contribution in [0.2, 0.25) is 0 Å². The van der Waals surface area contributed by atoms with Gasteiger partial charge in [-0.05, 0) is 54.4 Å². The average molecular weight is 438 g/mol. The Hall–Kier alpha value is -4.59. The minimum Gasteiger partial charge on any atom is -0.423 e. The van der Waals surface area contributed by atoms with E-state index in [1.54, 1.807) is 54.6 Å². The maximum absolute atomic E-state index is 13.0. The molecule has 1 N–H and O–H groups in total. The van der Waals surface area contributed by atoms with Crippen LogP contribution in [0.1, 0.15) is 42.2 Å². The standard InChI is InChI=1S/C25H18N4O4/c1-15-9-10-18(23-28-26-14-33-23)12-21(15)27-22(30)17-6-4-5-16(11-17)13-29-24(31)19-7-2-3-8-20(19)25(29)32/h2-12,14H,13H2,1H3,(H,27,30). The molecule has 4 aromatic rings. The third-order valence-electron chi connectivity index (χ3n) is 5.50. The number of carbonyl (C=O) groups excluding carboxylic acids is 3. The molecule has 8 nitrogen and oxygen atoms in total. The van der Waals surface area contributed by atoms with Crippen molar-refractivity contribution in [1.29, 1.82) is 0 Å². The number of imide groups is 1. The van der Waals surface area contributed by atoms with Crippen molar-refractivity contribution in [2.24, 2.45) is 0 Å². The summed E-state index contributed by atoms with van der Waals surface area (Å²) in [6.45, 7) is 1.96. The van der Waals surface area contributed by atoms with E-state index in [0.717, 1.165) is 5.56 Å². The van der Waals surface area contributed by atoms with Gasteiger partial charge in [0.1, 0.15) is 0 Å². The minimum atomic E-state index is -0.334. The van der Waals surface area contributed by atoms with Gasteiger partial charge in [0.15, 0.2) is 0 Å². The van der Waals surface area contributed by atoms with E-state index < -0.39 is 0 Å². The third-order valence-corrected chi connectivity index (χ3v) is 5.50. The van der Waals surface area contributed by atoms with Crippen molar-refractivity contribution in [3.63, 3.8) is 0 Å². The van der Waals surface area contributed by atoms with Gasteiger partial charge in [0.2, 0.25) is 12.3 Å². The molecule has 33 heavy (non-hydrogen) atoms. The summed E-state index contributed by atoms with van der Waals surface area (Å²) in [6, 6.07) is 19.1. The normalized spacial score (nSPS) is 12.7. The highest BCUT2D eigenvalue weighted by molar-refractivity contribution is 6.21. The largest absolute Gasteiger partial charge is 0.423 e. The Labute approximate surface area is 188 Å². The smallest absolute Gasteiger partial charge is 0.261 e. The van der Waals surface area contributed by atoms with Crippen LogP contribution in [0.3, 0.4) is 0 Å². The molecule has 0 fully saturated rings. The van der Waals surface area contributed by atoms with Crippen molar-refractivity contribution < 1.29 is 18.8 Å². The van der Waals surface area contributed by atoms with Crippen molar-refractivity contribution >= 4 is 23.4 Å². The molecule has 8 heteroatoms. The van der Waals surface area contributed by atoms with Crippen molar-refractivity contribution in [2.45, 2.75) is 13.5 Å². The van der Waals surface area contributed by atoms with Crippen LogP contribution in [0.5, 0.6) is 0 Å². The Morgan fingerprint density at radius 1 is 0.970 bits per heavy atom. The van der Waals surface area contributed by atoms with Gasteiger partial charge in [0.05, 0.1) is 17.7 Å². The quantitative estimate of drug-likeness (QED) is 0.471. The second-order valence-corrected chi connectivity index (χ2v) is 7.67. The first-order valence-electron chi connectivity index (χ1n) is 10.2. The van der Waals surface area contributed by atoms with Gasteiger partial charge < -0.3 is 9.73 Å². The SMILES string of the molecule is Cc1ccc(-c2nnco2)cc1NC(=O)c1cccc(CN2C(=O)c3ccccc3C2=O)c1. The van der Waals surface area contributed by atoms with Crippen LogP contribution in [0.15, 0.2) is 77.5 Å². The maximum atomic E-state index is 13.0. The Morgan fingerprint density at radius 2 is 1.73 bits per heavy atom. The molecule has 0 unspecified atom stereocenters. The number of aromatic nitrogens is 2. The average Bonchev–Trinajstić information content (AvgIpc) is 3.45. The molecular formula is C25H18N4O4. The van der Waals surface area contributed by atoms with E-state index >= 15 is 0 Å². The van der Waals surface area contributed by atoms with Crippen LogP contribution < -0.4 is 5.32 Å². The van der Waals surface area contributed by atoms with Gasteiger partial charge in [-0.2, -0.15) is 0 Å². The summed E-state index contributed by atoms with van der Waals surface area (Å²) in [6.07, 6.45) is 1.24. The van der Waals surface area contributed by atoms with E-state index in [-0.39, 0.29) is 24.3 Å². The van der Waals surface area contributed by atoms with Gasteiger partial charge in [-0.3, -0.25) is 19.3 Å². The highest BCUT2D eigenvalue weighted by atomic mass is 16.4. The zero-order valence-corrected chi connectivity index (χ0v) is 17.6. The molecule has 0 radical (unpaired) electrons. The molecule has 0 spiro atoms. The second-order valence-electron chi connectivity index (χ2n) is 7.67. The molecule has 3 amide bonds. The molecule has 162 valence electrons. The Bertz CT molecular complexity index is 1360. The van der Waals surface area contributed by atoms with Crippen LogP contribution in [-0.2, 0) is 6.54 Å². The topological polar surface area (TPSA) is 105 Å². The maximum Gasteiger partial charge on any atom is 0.261 e. The predicted molar refractivity (Wildman–Crippen MR) is 120 cm³/mol. The number of benzene rings is 3. The summed E-state index contributed by atoms with van der Waals surface area (Å²) in [5.74, 6) is -0.628. The van der Waals surface area contributed by atoms with Crippen molar-refractivity contribution in [3.05, 3.63) is 101 Å². The van der Waals surface area contributed by atoms with E-state index in [1.807, 2.05) is 19.1 Å². The number of nitrogens with zero attached hydrogens (tertiary/aromatic N) is 3. The molecule has 0 atom stereocenters. The van der Waals surface area contributed by atoms with E-state index in [9.17, 15) is 14.4 Å². The molecule has 1 aromatic heterocycles. The zero-order valence-electron chi connectivity index (χ0n) is 17.6. The zero-order chi connectivity index (χ0) is 22.9. The first-order chi connectivity index (χ1) is 16.0. The summed E-state index contributed by atoms with van der Waals surface area (Å²) in [5.41, 5.74) is 4.05. The molecule has 1 aliphatic heterocycles. The number of rotatable bonds is 5. The summed E-state index contributed by atoms with van der Waals surface area (Å²) < 4.78 is 5.23. The highest BCUT2D eigenvalue weighted by Crippen LogP contribution is 2.26. The molecule has 1 aliphatic rings. The lowest BCUT2D eigenvalue weighted by Crippen LogP contribution is -2.29. The van der Waals surface area contributed by atoms with Gasteiger partial charge in [0.25, 0.3) is 17.7 Å². The van der Waals surface area contributed by atoms with E-state index in [1.165, 1.54) is 11.3 Å². The molecule has 5 rings (SSSR count). The molecular weight excluding hydrogens is 420 g/mol. The summed E-state index contributed by atoms with van der Waals surface area (Å²) in [5, 5.41) is 10.5. The molecule has 3 aromatic carbocycles. The number of carbonyl (C=O) groups is 3. The van der Waals surface area contributed by atoms with Crippen LogP contribution in [-0.4, -0.2) is 32.8 Å².